The van der Waals surface area contributed by atoms with Crippen molar-refractivity contribution in [3.05, 3.63) is 35.7 Å². The third kappa shape index (κ3) is 2.60. The van der Waals surface area contributed by atoms with Gasteiger partial charge in [0, 0.05) is 6.61 Å². The van der Waals surface area contributed by atoms with Crippen LogP contribution in [0.3, 0.4) is 0 Å². The quantitative estimate of drug-likeness (QED) is 0.813. The van der Waals surface area contributed by atoms with E-state index >= 15 is 0 Å². The van der Waals surface area contributed by atoms with Crippen LogP contribution < -0.4 is 9.80 Å². The number of fused-ring (bicyclic) bond motifs is 3. The van der Waals surface area contributed by atoms with Gasteiger partial charge in [-0.2, -0.15) is 4.98 Å². The van der Waals surface area contributed by atoms with E-state index in [-0.39, 0.29) is 36.0 Å². The number of hydrogen-bond acceptors (Lipinski definition) is 8. The summed E-state index contributed by atoms with van der Waals surface area (Å²) in [7, 11) is 0. The number of aromatic nitrogens is 2. The number of amides is 1. The van der Waals surface area contributed by atoms with E-state index in [0.29, 0.717) is 25.1 Å². The third-order valence-corrected chi connectivity index (χ3v) is 6.23. The Labute approximate surface area is 171 Å². The van der Waals surface area contributed by atoms with Crippen LogP contribution in [0.15, 0.2) is 27.7 Å². The van der Waals surface area contributed by atoms with Gasteiger partial charge in [-0.25, -0.2) is 4.39 Å². The molecule has 1 aromatic carbocycles. The highest BCUT2D eigenvalue weighted by molar-refractivity contribution is 6.12. The smallest absolute Gasteiger partial charge is 0.254 e. The molecular formula is C20H20FN5O4. The molecule has 3 atom stereocenters. The zero-order chi connectivity index (χ0) is 20.5. The van der Waals surface area contributed by atoms with Crippen molar-refractivity contribution in [2.45, 2.75) is 49.5 Å². The van der Waals surface area contributed by atoms with E-state index in [4.69, 9.17) is 9.26 Å². The first-order valence-electron chi connectivity index (χ1n) is 10.1. The van der Waals surface area contributed by atoms with Gasteiger partial charge in [0.05, 0.1) is 24.7 Å². The van der Waals surface area contributed by atoms with Crippen molar-refractivity contribution in [3.8, 4) is 0 Å². The van der Waals surface area contributed by atoms with Gasteiger partial charge >= 0.3 is 0 Å². The Bertz CT molecular complexity index is 1050. The molecule has 3 unspecified atom stereocenters. The lowest BCUT2D eigenvalue weighted by Gasteiger charge is -2.40. The zero-order valence-electron chi connectivity index (χ0n) is 16.1. The molecule has 1 saturated carbocycles. The Morgan fingerprint density at radius 1 is 1.33 bits per heavy atom. The summed E-state index contributed by atoms with van der Waals surface area (Å²) in [6.45, 7) is 0.921. The van der Waals surface area contributed by atoms with E-state index in [1.807, 2.05) is 0 Å². The number of carbonyl (C=O) groups is 1. The van der Waals surface area contributed by atoms with Crippen LogP contribution in [-0.4, -0.2) is 52.8 Å². The molecule has 9 nitrogen and oxygen atoms in total. The Hall–Kier alpha value is -2.85. The molecule has 2 aromatic rings. The minimum absolute atomic E-state index is 0.132. The molecule has 1 amide bonds. The van der Waals surface area contributed by atoms with Gasteiger partial charge in [-0.3, -0.25) is 9.79 Å². The van der Waals surface area contributed by atoms with Gasteiger partial charge in [0.25, 0.3) is 11.8 Å². The van der Waals surface area contributed by atoms with Crippen LogP contribution in [0.1, 0.15) is 43.4 Å². The van der Waals surface area contributed by atoms with Crippen LogP contribution in [0.25, 0.3) is 0 Å². The monoisotopic (exact) mass is 413 g/mol. The van der Waals surface area contributed by atoms with E-state index in [1.165, 1.54) is 17.3 Å². The standard InChI is InChI=1S/C20H20FN5O4/c21-12-4-1-5-13-15(12)25(9-11-3-2-8-29-11)18(27)16-14(22-10-26(13)16)17-23-19(24-30-17)20(28)6-7-20/h1,4-5,10-11,14,16,28H,2-3,6-9H2. The highest BCUT2D eigenvalue weighted by atomic mass is 19.1. The fourth-order valence-electron chi connectivity index (χ4n) is 4.42. The Morgan fingerprint density at radius 2 is 2.20 bits per heavy atom. The molecule has 1 saturated heterocycles. The summed E-state index contributed by atoms with van der Waals surface area (Å²) >= 11 is 0. The maximum absolute atomic E-state index is 14.8. The predicted octanol–water partition coefficient (Wildman–Crippen LogP) is 1.67. The highest BCUT2D eigenvalue weighted by Crippen LogP contribution is 2.46. The summed E-state index contributed by atoms with van der Waals surface area (Å²) < 4.78 is 25.9. The molecule has 1 aliphatic carbocycles. The van der Waals surface area contributed by atoms with Crippen LogP contribution in [0, 0.1) is 5.82 Å². The number of nitrogens with zero attached hydrogens (tertiary/aromatic N) is 5. The van der Waals surface area contributed by atoms with Crippen LogP contribution in [0.5, 0.6) is 0 Å². The molecule has 0 bridgehead atoms. The fraction of sp³-hybridized carbons (Fsp3) is 0.500. The molecule has 10 heteroatoms. The molecule has 156 valence electrons. The Balaban J connectivity index is 1.38. The lowest BCUT2D eigenvalue weighted by atomic mass is 10.0. The second-order valence-electron chi connectivity index (χ2n) is 8.24. The van der Waals surface area contributed by atoms with Gasteiger partial charge in [0.1, 0.15) is 23.1 Å². The topological polar surface area (TPSA) is 104 Å². The van der Waals surface area contributed by atoms with Crippen LogP contribution in [-0.2, 0) is 15.1 Å². The van der Waals surface area contributed by atoms with Crippen LogP contribution in [0.4, 0.5) is 15.8 Å². The number of hydrogen-bond donors (Lipinski definition) is 1. The molecule has 2 fully saturated rings. The van der Waals surface area contributed by atoms with Crippen molar-refractivity contribution in [2.24, 2.45) is 4.99 Å². The first kappa shape index (κ1) is 18.0. The third-order valence-electron chi connectivity index (χ3n) is 6.23. The molecule has 3 aliphatic heterocycles. The fourth-order valence-corrected chi connectivity index (χ4v) is 4.42. The Kier molecular flexibility index (Phi) is 3.79. The van der Waals surface area contributed by atoms with Gasteiger partial charge in [0.2, 0.25) is 5.82 Å². The normalized spacial score (nSPS) is 28.7. The lowest BCUT2D eigenvalue weighted by molar-refractivity contribution is -0.120. The predicted molar refractivity (Wildman–Crippen MR) is 103 cm³/mol. The lowest BCUT2D eigenvalue weighted by Crippen LogP contribution is -2.54. The molecule has 30 heavy (non-hydrogen) atoms. The molecule has 1 aromatic heterocycles. The molecule has 0 radical (unpaired) electrons. The van der Waals surface area contributed by atoms with Gasteiger partial charge in [0.15, 0.2) is 6.04 Å². The minimum Gasteiger partial charge on any atom is -0.382 e. The van der Waals surface area contributed by atoms with Crippen molar-refractivity contribution >= 4 is 23.6 Å². The number of halogens is 1. The number of ether oxygens (including phenoxy) is 1. The van der Waals surface area contributed by atoms with Gasteiger partial charge in [-0.05, 0) is 37.8 Å². The number of para-hydroxylation sites is 1. The summed E-state index contributed by atoms with van der Waals surface area (Å²) in [4.78, 5) is 25.4. The number of benzene rings is 1. The average Bonchev–Trinajstić information content (AvgIpc) is 3.22. The zero-order valence-corrected chi connectivity index (χ0v) is 16.1. The van der Waals surface area contributed by atoms with Gasteiger partial charge < -0.3 is 24.2 Å². The summed E-state index contributed by atoms with van der Waals surface area (Å²) in [5, 5.41) is 14.1. The molecule has 1 N–H and O–H groups in total. The maximum atomic E-state index is 14.8. The summed E-state index contributed by atoms with van der Waals surface area (Å²) in [6, 6.07) is 3.23. The van der Waals surface area contributed by atoms with Gasteiger partial charge in [-0.1, -0.05) is 11.2 Å². The highest BCUT2D eigenvalue weighted by Gasteiger charge is 2.51. The van der Waals surface area contributed by atoms with E-state index in [9.17, 15) is 14.3 Å². The van der Waals surface area contributed by atoms with E-state index < -0.39 is 23.5 Å². The van der Waals surface area contributed by atoms with Gasteiger partial charge in [-0.15, -0.1) is 0 Å². The summed E-state index contributed by atoms with van der Waals surface area (Å²) in [5.41, 5.74) is -0.244. The van der Waals surface area contributed by atoms with Crippen molar-refractivity contribution < 1.29 is 23.6 Å². The Morgan fingerprint density at radius 3 is 2.97 bits per heavy atom. The van der Waals surface area contributed by atoms with E-state index in [0.717, 1.165) is 12.8 Å². The maximum Gasteiger partial charge on any atom is 0.254 e. The van der Waals surface area contributed by atoms with Crippen molar-refractivity contribution in [1.82, 2.24) is 10.1 Å². The molecule has 4 aliphatic rings. The van der Waals surface area contributed by atoms with E-state index in [1.54, 1.807) is 17.0 Å². The second kappa shape index (κ2) is 6.32. The number of carbonyl (C=O) groups excluding carboxylic acids is 1. The first-order valence-corrected chi connectivity index (χ1v) is 10.1. The average molecular weight is 413 g/mol. The largest absolute Gasteiger partial charge is 0.382 e. The molecular weight excluding hydrogens is 393 g/mol. The molecule has 4 heterocycles. The first-order chi connectivity index (χ1) is 14.5. The van der Waals surface area contributed by atoms with Crippen LogP contribution >= 0.6 is 0 Å². The van der Waals surface area contributed by atoms with Crippen molar-refractivity contribution in [3.63, 3.8) is 0 Å². The SMILES string of the molecule is O=C1C2C(c3nc(C4(O)CC4)no3)N=CN2c2cccc(F)c2N1CC1CCCO1. The van der Waals surface area contributed by atoms with Crippen molar-refractivity contribution in [1.29, 1.82) is 0 Å². The molecule has 0 spiro atoms. The van der Waals surface area contributed by atoms with Crippen molar-refractivity contribution in [2.75, 3.05) is 23.0 Å². The number of anilines is 2. The van der Waals surface area contributed by atoms with E-state index in [2.05, 4.69) is 15.1 Å². The minimum atomic E-state index is -1.04. The van der Waals surface area contributed by atoms with Crippen LogP contribution in [0.2, 0.25) is 0 Å². The summed E-state index contributed by atoms with van der Waals surface area (Å²) in [6.07, 6.45) is 4.30. The number of rotatable bonds is 4. The second-order valence-corrected chi connectivity index (χ2v) is 8.24. The number of aliphatic hydroxyl groups is 1. The molecule has 6 rings (SSSR count). The summed E-state index contributed by atoms with van der Waals surface area (Å²) in [5.74, 6) is -0.378. The number of aliphatic imine (C=N–C) groups is 1.